The number of nitrogen functional groups attached to an aromatic ring is 1. The van der Waals surface area contributed by atoms with E-state index in [1.165, 1.54) is 0 Å². The van der Waals surface area contributed by atoms with Gasteiger partial charge in [-0.25, -0.2) is 0 Å². The molecule has 3 nitrogen and oxygen atoms in total. The molecule has 0 aliphatic rings. The standard InChI is InChI=1S/C16H14BrN3/c1-10-8-11-12(9-19-10)14(18)6-7-15(11)20-16-5-3-2-4-13(16)17/h2-9,20H,18H2,1H3. The summed E-state index contributed by atoms with van der Waals surface area (Å²) in [6, 6.07) is 14.0. The molecule has 1 aromatic heterocycles. The summed E-state index contributed by atoms with van der Waals surface area (Å²) >= 11 is 3.55. The fourth-order valence-electron chi connectivity index (χ4n) is 2.18. The maximum absolute atomic E-state index is 6.02. The van der Waals surface area contributed by atoms with Gasteiger partial charge in [0.25, 0.3) is 0 Å². The fraction of sp³-hybridized carbons (Fsp3) is 0.0625. The molecule has 4 heteroatoms. The molecule has 0 saturated heterocycles. The molecule has 0 bridgehead atoms. The summed E-state index contributed by atoms with van der Waals surface area (Å²) in [5.74, 6) is 0. The van der Waals surface area contributed by atoms with Gasteiger partial charge in [-0.1, -0.05) is 12.1 Å². The molecule has 100 valence electrons. The Bertz CT molecular complexity index is 784. The van der Waals surface area contributed by atoms with Crippen LogP contribution in [0.25, 0.3) is 10.8 Å². The van der Waals surface area contributed by atoms with Gasteiger partial charge in [0.2, 0.25) is 0 Å². The normalized spacial score (nSPS) is 10.7. The first-order valence-electron chi connectivity index (χ1n) is 6.31. The molecule has 0 radical (unpaired) electrons. The number of nitrogens with zero attached hydrogens (tertiary/aromatic N) is 1. The highest BCUT2D eigenvalue weighted by Gasteiger charge is 2.07. The minimum absolute atomic E-state index is 0.741. The minimum Gasteiger partial charge on any atom is -0.398 e. The van der Waals surface area contributed by atoms with E-state index in [-0.39, 0.29) is 0 Å². The van der Waals surface area contributed by atoms with E-state index >= 15 is 0 Å². The van der Waals surface area contributed by atoms with Crippen molar-refractivity contribution in [2.24, 2.45) is 0 Å². The van der Waals surface area contributed by atoms with Gasteiger partial charge in [-0.05, 0) is 53.2 Å². The number of nitrogens with one attached hydrogen (secondary N) is 1. The Hall–Kier alpha value is -2.07. The molecule has 0 atom stereocenters. The molecule has 0 fully saturated rings. The highest BCUT2D eigenvalue weighted by atomic mass is 79.9. The zero-order chi connectivity index (χ0) is 14.1. The van der Waals surface area contributed by atoms with Crippen LogP contribution < -0.4 is 11.1 Å². The summed E-state index contributed by atoms with van der Waals surface area (Å²) < 4.78 is 1.02. The van der Waals surface area contributed by atoms with Crippen molar-refractivity contribution in [1.29, 1.82) is 0 Å². The Morgan fingerprint density at radius 2 is 1.85 bits per heavy atom. The number of hydrogen-bond donors (Lipinski definition) is 2. The Morgan fingerprint density at radius 1 is 1.05 bits per heavy atom. The van der Waals surface area contributed by atoms with Gasteiger partial charge in [0, 0.05) is 38.5 Å². The molecule has 1 heterocycles. The molecular formula is C16H14BrN3. The molecular weight excluding hydrogens is 314 g/mol. The van der Waals surface area contributed by atoms with E-state index in [1.807, 2.05) is 55.6 Å². The maximum Gasteiger partial charge on any atom is 0.0528 e. The molecule has 3 aromatic rings. The van der Waals surface area contributed by atoms with Crippen molar-refractivity contribution in [3.05, 3.63) is 58.8 Å². The Balaban J connectivity index is 2.15. The molecule has 20 heavy (non-hydrogen) atoms. The highest BCUT2D eigenvalue weighted by molar-refractivity contribution is 9.10. The van der Waals surface area contributed by atoms with Crippen molar-refractivity contribution < 1.29 is 0 Å². The molecule has 0 aliphatic heterocycles. The largest absolute Gasteiger partial charge is 0.398 e. The van der Waals surface area contributed by atoms with Crippen molar-refractivity contribution in [2.45, 2.75) is 6.92 Å². The molecule has 0 amide bonds. The van der Waals surface area contributed by atoms with Crippen molar-refractivity contribution in [1.82, 2.24) is 4.98 Å². The molecule has 3 N–H and O–H groups in total. The number of aromatic nitrogens is 1. The van der Waals surface area contributed by atoms with E-state index in [0.29, 0.717) is 0 Å². The number of para-hydroxylation sites is 1. The van der Waals surface area contributed by atoms with Gasteiger partial charge >= 0.3 is 0 Å². The maximum atomic E-state index is 6.02. The predicted molar refractivity (Wildman–Crippen MR) is 88.3 cm³/mol. The second kappa shape index (κ2) is 5.13. The number of nitrogens with two attached hydrogens (primary N) is 1. The number of rotatable bonds is 2. The SMILES string of the molecule is Cc1cc2c(Nc3ccccc3Br)ccc(N)c2cn1. The molecule has 2 aromatic carbocycles. The van der Waals surface area contributed by atoms with Gasteiger partial charge in [-0.2, -0.15) is 0 Å². The van der Waals surface area contributed by atoms with Crippen molar-refractivity contribution in [3.8, 4) is 0 Å². The van der Waals surface area contributed by atoms with Crippen LogP contribution in [0.1, 0.15) is 5.69 Å². The lowest BCUT2D eigenvalue weighted by Crippen LogP contribution is -1.96. The number of fused-ring (bicyclic) bond motifs is 1. The first-order chi connectivity index (χ1) is 9.65. The summed E-state index contributed by atoms with van der Waals surface area (Å²) in [5, 5.41) is 5.48. The lowest BCUT2D eigenvalue weighted by molar-refractivity contribution is 1.22. The van der Waals surface area contributed by atoms with Crippen LogP contribution in [0.15, 0.2) is 53.1 Å². The zero-order valence-electron chi connectivity index (χ0n) is 11.0. The minimum atomic E-state index is 0.741. The second-order valence-corrected chi connectivity index (χ2v) is 5.53. The number of benzene rings is 2. The van der Waals surface area contributed by atoms with Crippen LogP contribution in [0.5, 0.6) is 0 Å². The first kappa shape index (κ1) is 12.9. The average molecular weight is 328 g/mol. The molecule has 3 rings (SSSR count). The van der Waals surface area contributed by atoms with Crippen molar-refractivity contribution >= 4 is 43.8 Å². The molecule has 0 saturated carbocycles. The van der Waals surface area contributed by atoms with Crippen LogP contribution >= 0.6 is 15.9 Å². The zero-order valence-corrected chi connectivity index (χ0v) is 12.6. The number of anilines is 3. The number of halogens is 1. The Labute approximate surface area is 126 Å². The van der Waals surface area contributed by atoms with E-state index in [9.17, 15) is 0 Å². The van der Waals surface area contributed by atoms with Crippen LogP contribution in [0.2, 0.25) is 0 Å². The monoisotopic (exact) mass is 327 g/mol. The fourth-order valence-corrected chi connectivity index (χ4v) is 2.57. The van der Waals surface area contributed by atoms with Crippen LogP contribution in [-0.4, -0.2) is 4.98 Å². The van der Waals surface area contributed by atoms with E-state index in [0.717, 1.165) is 38.0 Å². The Kier molecular flexibility index (Phi) is 3.32. The number of pyridine rings is 1. The second-order valence-electron chi connectivity index (χ2n) is 4.68. The summed E-state index contributed by atoms with van der Waals surface area (Å²) in [6.07, 6.45) is 1.82. The van der Waals surface area contributed by atoms with Crippen molar-refractivity contribution in [3.63, 3.8) is 0 Å². The summed E-state index contributed by atoms with van der Waals surface area (Å²) in [6.45, 7) is 1.98. The van der Waals surface area contributed by atoms with Crippen LogP contribution in [0, 0.1) is 6.92 Å². The van der Waals surface area contributed by atoms with Crippen LogP contribution in [-0.2, 0) is 0 Å². The average Bonchev–Trinajstić information content (AvgIpc) is 2.44. The van der Waals surface area contributed by atoms with E-state index in [2.05, 4.69) is 26.2 Å². The lowest BCUT2D eigenvalue weighted by Gasteiger charge is -2.13. The third kappa shape index (κ3) is 2.34. The van der Waals surface area contributed by atoms with E-state index in [1.54, 1.807) is 0 Å². The van der Waals surface area contributed by atoms with E-state index in [4.69, 9.17) is 5.73 Å². The molecule has 0 aliphatic carbocycles. The Morgan fingerprint density at radius 3 is 2.65 bits per heavy atom. The highest BCUT2D eigenvalue weighted by Crippen LogP contribution is 2.32. The third-order valence-electron chi connectivity index (χ3n) is 3.21. The van der Waals surface area contributed by atoms with Gasteiger partial charge in [0.1, 0.15) is 0 Å². The molecule has 0 unspecified atom stereocenters. The van der Waals surface area contributed by atoms with Gasteiger partial charge in [-0.3, -0.25) is 4.98 Å². The smallest absolute Gasteiger partial charge is 0.0528 e. The van der Waals surface area contributed by atoms with Crippen LogP contribution in [0.3, 0.4) is 0 Å². The first-order valence-corrected chi connectivity index (χ1v) is 7.11. The van der Waals surface area contributed by atoms with Crippen LogP contribution in [0.4, 0.5) is 17.1 Å². The quantitative estimate of drug-likeness (QED) is 0.674. The summed E-state index contributed by atoms with van der Waals surface area (Å²) in [5.41, 5.74) is 9.77. The third-order valence-corrected chi connectivity index (χ3v) is 3.91. The lowest BCUT2D eigenvalue weighted by atomic mass is 10.1. The summed E-state index contributed by atoms with van der Waals surface area (Å²) in [4.78, 5) is 4.32. The van der Waals surface area contributed by atoms with Gasteiger partial charge < -0.3 is 11.1 Å². The van der Waals surface area contributed by atoms with Gasteiger partial charge in [0.15, 0.2) is 0 Å². The number of aryl methyl sites for hydroxylation is 1. The van der Waals surface area contributed by atoms with Gasteiger partial charge in [-0.15, -0.1) is 0 Å². The summed E-state index contributed by atoms with van der Waals surface area (Å²) in [7, 11) is 0. The number of hydrogen-bond acceptors (Lipinski definition) is 3. The topological polar surface area (TPSA) is 50.9 Å². The molecule has 0 spiro atoms. The van der Waals surface area contributed by atoms with E-state index < -0.39 is 0 Å². The predicted octanol–water partition coefficient (Wildman–Crippen LogP) is 4.63. The van der Waals surface area contributed by atoms with Crippen molar-refractivity contribution in [2.75, 3.05) is 11.1 Å². The van der Waals surface area contributed by atoms with Gasteiger partial charge in [0.05, 0.1) is 5.69 Å².